The van der Waals surface area contributed by atoms with Crippen LogP contribution < -0.4 is 10.2 Å². The van der Waals surface area contributed by atoms with Gasteiger partial charge in [0, 0.05) is 25.9 Å². The maximum atomic E-state index is 12.8. The zero-order chi connectivity index (χ0) is 16.7. The van der Waals surface area contributed by atoms with E-state index in [-0.39, 0.29) is 5.91 Å². The van der Waals surface area contributed by atoms with Crippen LogP contribution in [0.2, 0.25) is 0 Å². The fourth-order valence-electron chi connectivity index (χ4n) is 3.03. The molecule has 2 aliphatic heterocycles. The normalized spacial score (nSPS) is 24.1. The first-order valence-electron chi connectivity index (χ1n) is 7.62. The lowest BCUT2D eigenvalue weighted by atomic mass is 10.0. The molecule has 1 amide bonds. The number of amides is 1. The van der Waals surface area contributed by atoms with Crippen molar-refractivity contribution in [1.29, 1.82) is 0 Å². The Kier molecular flexibility index (Phi) is 3.95. The smallest absolute Gasteiger partial charge is 0.356 e. The summed E-state index contributed by atoms with van der Waals surface area (Å²) in [6, 6.07) is 3.88. The van der Waals surface area contributed by atoms with Crippen molar-refractivity contribution in [3.63, 3.8) is 0 Å². The Labute approximate surface area is 131 Å². The molecule has 5 nitrogen and oxygen atoms in total. The first-order chi connectivity index (χ1) is 10.8. The van der Waals surface area contributed by atoms with Crippen molar-refractivity contribution in [3.05, 3.63) is 23.9 Å². The molecule has 0 saturated carbocycles. The molecule has 1 atom stereocenters. The number of carbonyl (C=O) groups excluding carboxylic acids is 1. The van der Waals surface area contributed by atoms with Crippen molar-refractivity contribution in [3.8, 4) is 0 Å². The summed E-state index contributed by atoms with van der Waals surface area (Å²) in [6.07, 6.45) is -3.25. The standard InChI is InChI=1S/C15H18F3N3O2/c1-2-10-13(22)20-14(23-10)6-8-21(9-7-14)12-5-3-4-11(19-12)15(16,17)18/h3-5,10H,2,6-9H2,1H3,(H,20,22). The molecule has 126 valence electrons. The molecule has 1 spiro atoms. The number of nitrogens with one attached hydrogen (secondary N) is 1. The van der Waals surface area contributed by atoms with Gasteiger partial charge in [0.05, 0.1) is 0 Å². The van der Waals surface area contributed by atoms with Gasteiger partial charge in [0.2, 0.25) is 0 Å². The van der Waals surface area contributed by atoms with Gasteiger partial charge >= 0.3 is 6.18 Å². The lowest BCUT2D eigenvalue weighted by Gasteiger charge is -2.39. The summed E-state index contributed by atoms with van der Waals surface area (Å²) in [5.41, 5.74) is -1.58. The number of aromatic nitrogens is 1. The summed E-state index contributed by atoms with van der Waals surface area (Å²) in [6.45, 7) is 2.83. The number of pyridine rings is 1. The summed E-state index contributed by atoms with van der Waals surface area (Å²) >= 11 is 0. The highest BCUT2D eigenvalue weighted by Crippen LogP contribution is 2.33. The minimum Gasteiger partial charge on any atom is -0.356 e. The van der Waals surface area contributed by atoms with Crippen LogP contribution in [0.3, 0.4) is 0 Å². The van der Waals surface area contributed by atoms with E-state index in [2.05, 4.69) is 10.3 Å². The Morgan fingerprint density at radius 1 is 1.39 bits per heavy atom. The van der Waals surface area contributed by atoms with Crippen LogP contribution in [0.4, 0.5) is 19.0 Å². The van der Waals surface area contributed by atoms with Crippen LogP contribution in [0.5, 0.6) is 0 Å². The average Bonchev–Trinajstić information content (AvgIpc) is 2.83. The monoisotopic (exact) mass is 329 g/mol. The second-order valence-corrected chi connectivity index (χ2v) is 5.86. The lowest BCUT2D eigenvalue weighted by molar-refractivity contribution is -0.141. The SMILES string of the molecule is CCC1OC2(CCN(c3cccc(C(F)(F)F)n3)CC2)NC1=O. The highest BCUT2D eigenvalue weighted by Gasteiger charge is 2.46. The number of nitrogens with zero attached hydrogens (tertiary/aromatic N) is 2. The van der Waals surface area contributed by atoms with E-state index in [1.807, 2.05) is 6.92 Å². The van der Waals surface area contributed by atoms with E-state index in [1.54, 1.807) is 11.0 Å². The zero-order valence-corrected chi connectivity index (χ0v) is 12.7. The molecule has 1 N–H and O–H groups in total. The van der Waals surface area contributed by atoms with Crippen molar-refractivity contribution >= 4 is 11.7 Å². The van der Waals surface area contributed by atoms with Crippen LogP contribution in [-0.4, -0.2) is 35.8 Å². The van der Waals surface area contributed by atoms with Crippen LogP contribution in [-0.2, 0) is 15.7 Å². The van der Waals surface area contributed by atoms with Crippen molar-refractivity contribution in [1.82, 2.24) is 10.3 Å². The van der Waals surface area contributed by atoms with Gasteiger partial charge in [0.1, 0.15) is 23.3 Å². The molecule has 0 aliphatic carbocycles. The molecule has 2 saturated heterocycles. The van der Waals surface area contributed by atoms with Gasteiger partial charge in [0.15, 0.2) is 0 Å². The fraction of sp³-hybridized carbons (Fsp3) is 0.600. The topological polar surface area (TPSA) is 54.5 Å². The van der Waals surface area contributed by atoms with Crippen LogP contribution in [0.1, 0.15) is 31.9 Å². The van der Waals surface area contributed by atoms with Crippen LogP contribution in [0.15, 0.2) is 18.2 Å². The highest BCUT2D eigenvalue weighted by atomic mass is 19.4. The molecule has 23 heavy (non-hydrogen) atoms. The zero-order valence-electron chi connectivity index (χ0n) is 12.7. The van der Waals surface area contributed by atoms with Gasteiger partial charge in [-0.1, -0.05) is 13.0 Å². The predicted octanol–water partition coefficient (Wildman–Crippen LogP) is 2.32. The van der Waals surface area contributed by atoms with E-state index < -0.39 is 23.7 Å². The van der Waals surface area contributed by atoms with Gasteiger partial charge < -0.3 is 15.0 Å². The number of alkyl halides is 3. The molecular formula is C15H18F3N3O2. The first kappa shape index (κ1) is 16.0. The first-order valence-corrected chi connectivity index (χ1v) is 7.62. The van der Waals surface area contributed by atoms with Crippen LogP contribution in [0.25, 0.3) is 0 Å². The second kappa shape index (κ2) is 5.67. The number of anilines is 1. The van der Waals surface area contributed by atoms with E-state index in [0.717, 1.165) is 6.07 Å². The van der Waals surface area contributed by atoms with Gasteiger partial charge in [-0.25, -0.2) is 4.98 Å². The third kappa shape index (κ3) is 3.12. The molecule has 1 aromatic rings. The minimum absolute atomic E-state index is 0.113. The summed E-state index contributed by atoms with van der Waals surface area (Å²) in [4.78, 5) is 17.3. The Bertz CT molecular complexity index is 598. The molecule has 3 heterocycles. The molecule has 1 unspecified atom stereocenters. The third-order valence-electron chi connectivity index (χ3n) is 4.30. The molecule has 0 radical (unpaired) electrons. The van der Waals surface area contributed by atoms with Gasteiger partial charge in [-0.3, -0.25) is 4.79 Å². The molecule has 0 aromatic carbocycles. The molecule has 2 fully saturated rings. The predicted molar refractivity (Wildman–Crippen MR) is 76.7 cm³/mol. The summed E-state index contributed by atoms with van der Waals surface area (Å²) in [5.74, 6) is 0.184. The summed E-state index contributed by atoms with van der Waals surface area (Å²) < 4.78 is 44.1. The van der Waals surface area contributed by atoms with Gasteiger partial charge in [-0.05, 0) is 18.6 Å². The second-order valence-electron chi connectivity index (χ2n) is 5.86. The quantitative estimate of drug-likeness (QED) is 0.905. The number of halogens is 3. The van der Waals surface area contributed by atoms with Crippen LogP contribution in [0, 0.1) is 0 Å². The van der Waals surface area contributed by atoms with Crippen molar-refractivity contribution in [2.75, 3.05) is 18.0 Å². The maximum absolute atomic E-state index is 12.8. The number of hydrogen-bond acceptors (Lipinski definition) is 4. The highest BCUT2D eigenvalue weighted by molar-refractivity contribution is 5.83. The molecule has 0 bridgehead atoms. The summed E-state index contributed by atoms with van der Waals surface area (Å²) in [5, 5.41) is 2.89. The Balaban J connectivity index is 1.69. The Morgan fingerprint density at radius 3 is 2.65 bits per heavy atom. The minimum atomic E-state index is -4.45. The van der Waals surface area contributed by atoms with Gasteiger partial charge in [0.25, 0.3) is 5.91 Å². The van der Waals surface area contributed by atoms with Crippen LogP contribution >= 0.6 is 0 Å². The summed E-state index contributed by atoms with van der Waals surface area (Å²) in [7, 11) is 0. The average molecular weight is 329 g/mol. The number of rotatable bonds is 2. The largest absolute Gasteiger partial charge is 0.433 e. The molecule has 8 heteroatoms. The molecule has 2 aliphatic rings. The lowest BCUT2D eigenvalue weighted by Crippen LogP contribution is -2.52. The van der Waals surface area contributed by atoms with E-state index >= 15 is 0 Å². The molecule has 1 aromatic heterocycles. The van der Waals surface area contributed by atoms with Crippen molar-refractivity contribution in [2.45, 2.75) is 44.2 Å². The van der Waals surface area contributed by atoms with E-state index in [0.29, 0.717) is 38.2 Å². The van der Waals surface area contributed by atoms with E-state index in [1.165, 1.54) is 6.07 Å². The molecule has 3 rings (SSSR count). The van der Waals surface area contributed by atoms with Crippen molar-refractivity contribution in [2.24, 2.45) is 0 Å². The van der Waals surface area contributed by atoms with Gasteiger partial charge in [-0.2, -0.15) is 13.2 Å². The number of carbonyl (C=O) groups is 1. The number of piperidine rings is 1. The number of ether oxygens (including phenoxy) is 1. The number of hydrogen-bond donors (Lipinski definition) is 1. The fourth-order valence-corrected chi connectivity index (χ4v) is 3.03. The van der Waals surface area contributed by atoms with Crippen molar-refractivity contribution < 1.29 is 22.7 Å². The van der Waals surface area contributed by atoms with E-state index in [4.69, 9.17) is 4.74 Å². The van der Waals surface area contributed by atoms with E-state index in [9.17, 15) is 18.0 Å². The Hall–Kier alpha value is -1.83. The third-order valence-corrected chi connectivity index (χ3v) is 4.30. The molecular weight excluding hydrogens is 311 g/mol. The van der Waals surface area contributed by atoms with Gasteiger partial charge in [-0.15, -0.1) is 0 Å². The Morgan fingerprint density at radius 2 is 2.09 bits per heavy atom. The maximum Gasteiger partial charge on any atom is 0.433 e.